The van der Waals surface area contributed by atoms with Crippen molar-refractivity contribution >= 4 is 52.1 Å². The Morgan fingerprint density at radius 1 is 1.16 bits per heavy atom. The van der Waals surface area contributed by atoms with E-state index in [2.05, 4.69) is 11.8 Å². The van der Waals surface area contributed by atoms with E-state index in [-0.39, 0.29) is 24.4 Å². The van der Waals surface area contributed by atoms with Crippen molar-refractivity contribution in [3.63, 3.8) is 0 Å². The maximum absolute atomic E-state index is 11.7. The molecule has 11 nitrogen and oxygen atoms in total. The fourth-order valence-electron chi connectivity index (χ4n) is 5.72. The first-order chi connectivity index (χ1) is 20.1. The smallest absolute Gasteiger partial charge is 0.480 e. The van der Waals surface area contributed by atoms with E-state index in [1.165, 1.54) is 0 Å². The van der Waals surface area contributed by atoms with Gasteiger partial charge >= 0.3 is 18.1 Å². The molecule has 1 aromatic carbocycles. The first kappa shape index (κ1) is 32.7. The Bertz CT molecular complexity index is 1510. The Balaban J connectivity index is 0.000000541. The second-order valence-corrected chi connectivity index (χ2v) is 11.6. The zero-order valence-electron chi connectivity index (χ0n) is 23.5. The van der Waals surface area contributed by atoms with Crippen LogP contribution in [0.15, 0.2) is 24.4 Å². The molecule has 4 heterocycles. The van der Waals surface area contributed by atoms with E-state index in [0.29, 0.717) is 22.2 Å². The van der Waals surface area contributed by atoms with E-state index in [0.717, 1.165) is 42.1 Å². The number of aliphatic carboxylic acids is 2. The van der Waals surface area contributed by atoms with Gasteiger partial charge in [-0.05, 0) is 43.9 Å². The minimum Gasteiger partial charge on any atom is -0.480 e. The van der Waals surface area contributed by atoms with Crippen LogP contribution in [-0.4, -0.2) is 95.9 Å². The quantitative estimate of drug-likeness (QED) is 0.364. The molecule has 0 amide bonds. The summed E-state index contributed by atoms with van der Waals surface area (Å²) >= 11 is 12.6. The van der Waals surface area contributed by atoms with Crippen LogP contribution in [0, 0.1) is 12.8 Å². The highest BCUT2D eigenvalue weighted by atomic mass is 35.5. The Labute approximate surface area is 254 Å². The number of aliphatic hydroxyl groups excluding tert-OH is 1. The second kappa shape index (κ2) is 12.8. The number of hydrogen-bond acceptors (Lipinski definition) is 8. The molecule has 5 rings (SSSR count). The maximum atomic E-state index is 11.7. The highest BCUT2D eigenvalue weighted by Crippen LogP contribution is 2.33. The highest BCUT2D eigenvalue weighted by Gasteiger charge is 2.43. The third-order valence-electron chi connectivity index (χ3n) is 7.79. The van der Waals surface area contributed by atoms with Crippen LogP contribution in [0.2, 0.25) is 10.0 Å². The minimum absolute atomic E-state index is 0.0935. The summed E-state index contributed by atoms with van der Waals surface area (Å²) in [6.45, 7) is 7.91. The Kier molecular flexibility index (Phi) is 9.74. The topological polar surface area (TPSA) is 145 Å². The molecule has 0 radical (unpaired) electrons. The largest absolute Gasteiger partial charge is 0.490 e. The van der Waals surface area contributed by atoms with Gasteiger partial charge in [0.15, 0.2) is 5.65 Å². The van der Waals surface area contributed by atoms with Gasteiger partial charge in [-0.3, -0.25) is 9.69 Å². The van der Waals surface area contributed by atoms with Gasteiger partial charge in [0.2, 0.25) is 0 Å². The molecule has 0 spiro atoms. The lowest BCUT2D eigenvalue weighted by molar-refractivity contribution is -0.192. The van der Waals surface area contributed by atoms with Crippen LogP contribution in [0.4, 0.5) is 19.0 Å². The number of fused-ring (bicyclic) bond motifs is 1. The number of benzene rings is 1. The summed E-state index contributed by atoms with van der Waals surface area (Å²) < 4.78 is 33.6. The number of aromatic nitrogens is 4. The number of alkyl halides is 3. The van der Waals surface area contributed by atoms with Crippen LogP contribution in [0.3, 0.4) is 0 Å². The summed E-state index contributed by atoms with van der Waals surface area (Å²) in [5, 5.41) is 32.7. The lowest BCUT2D eigenvalue weighted by Gasteiger charge is -2.42. The number of aliphatic hydroxyl groups is 1. The summed E-state index contributed by atoms with van der Waals surface area (Å²) in [5.74, 6) is -2.66. The van der Waals surface area contributed by atoms with Gasteiger partial charge in [-0.25, -0.2) is 19.4 Å². The summed E-state index contributed by atoms with van der Waals surface area (Å²) in [5.41, 5.74) is 3.12. The molecule has 43 heavy (non-hydrogen) atoms. The number of carboxylic acids is 2. The van der Waals surface area contributed by atoms with Crippen molar-refractivity contribution < 1.29 is 38.1 Å². The van der Waals surface area contributed by atoms with Gasteiger partial charge in [-0.2, -0.15) is 18.3 Å². The number of hydrogen-bond donors (Lipinski definition) is 3. The summed E-state index contributed by atoms with van der Waals surface area (Å²) in [6, 6.07) is 4.74. The van der Waals surface area contributed by atoms with Crippen LogP contribution < -0.4 is 4.90 Å². The number of likely N-dealkylation sites (tertiary alicyclic amines) is 1. The molecule has 16 heteroatoms. The normalized spacial score (nSPS) is 23.6. The maximum Gasteiger partial charge on any atom is 0.490 e. The Morgan fingerprint density at radius 2 is 1.84 bits per heavy atom. The van der Waals surface area contributed by atoms with Crippen molar-refractivity contribution in [2.75, 3.05) is 24.5 Å². The van der Waals surface area contributed by atoms with Crippen molar-refractivity contribution in [2.24, 2.45) is 5.92 Å². The molecule has 5 atom stereocenters. The zero-order chi connectivity index (χ0) is 31.8. The van der Waals surface area contributed by atoms with Gasteiger partial charge in [-0.1, -0.05) is 36.2 Å². The third-order valence-corrected chi connectivity index (χ3v) is 8.36. The molecule has 2 aliphatic rings. The Morgan fingerprint density at radius 3 is 2.42 bits per heavy atom. The molecule has 234 valence electrons. The van der Waals surface area contributed by atoms with Crippen molar-refractivity contribution in [1.82, 2.24) is 24.6 Å². The van der Waals surface area contributed by atoms with Gasteiger partial charge in [0.1, 0.15) is 17.4 Å². The number of carboxylic acid groups (broad SMARTS) is 2. The van der Waals surface area contributed by atoms with Gasteiger partial charge in [0, 0.05) is 42.1 Å². The van der Waals surface area contributed by atoms with Crippen LogP contribution in [0.1, 0.15) is 44.0 Å². The third kappa shape index (κ3) is 7.14. The number of aryl methyl sites for hydroxylation is 1. The molecule has 2 aliphatic heterocycles. The molecule has 0 bridgehead atoms. The van der Waals surface area contributed by atoms with E-state index in [1.807, 2.05) is 35.6 Å². The molecule has 3 N–H and O–H groups in total. The van der Waals surface area contributed by atoms with E-state index in [1.54, 1.807) is 12.3 Å². The van der Waals surface area contributed by atoms with Gasteiger partial charge in [-0.15, -0.1) is 0 Å². The number of β-amino-alcohol motifs (C(OH)–C–C–N with tert-alkyl or cyclic N) is 1. The average Bonchev–Trinajstić information content (AvgIpc) is 3.47. The molecular formula is C27H31Cl2F3N6O5. The highest BCUT2D eigenvalue weighted by molar-refractivity contribution is 6.35. The van der Waals surface area contributed by atoms with Crippen molar-refractivity contribution in [3.8, 4) is 0 Å². The number of piperidine rings is 1. The number of carbonyl (C=O) groups is 2. The number of rotatable bonds is 5. The lowest BCUT2D eigenvalue weighted by Crippen LogP contribution is -2.53. The van der Waals surface area contributed by atoms with Crippen molar-refractivity contribution in [3.05, 3.63) is 45.7 Å². The van der Waals surface area contributed by atoms with Crippen LogP contribution in [0.25, 0.3) is 11.2 Å². The fourth-order valence-corrected chi connectivity index (χ4v) is 6.28. The molecule has 3 aromatic rings. The molecule has 2 saturated heterocycles. The molecule has 2 aromatic heterocycles. The second-order valence-electron chi connectivity index (χ2n) is 10.8. The molecular weight excluding hydrogens is 616 g/mol. The first-order valence-electron chi connectivity index (χ1n) is 13.5. The SMILES string of the molecule is Cc1nn(C(C)c2ccc(Cl)cc2Cl)c2nc(N3CC[C@H](N4C[C@H](O)C[C@H]4C(=O)O)[C@H](C)C3)cnc12.O=C(O)C(F)(F)F. The summed E-state index contributed by atoms with van der Waals surface area (Å²) in [7, 11) is 0. The molecule has 2 fully saturated rings. The minimum atomic E-state index is -5.08. The van der Waals surface area contributed by atoms with Crippen molar-refractivity contribution in [2.45, 2.75) is 64.0 Å². The van der Waals surface area contributed by atoms with Gasteiger partial charge in [0.05, 0.1) is 24.0 Å². The Hall–Kier alpha value is -3.20. The monoisotopic (exact) mass is 646 g/mol. The van der Waals surface area contributed by atoms with Crippen LogP contribution >= 0.6 is 23.2 Å². The molecule has 0 aliphatic carbocycles. The van der Waals surface area contributed by atoms with Gasteiger partial charge in [0.25, 0.3) is 0 Å². The predicted octanol–water partition coefficient (Wildman–Crippen LogP) is 4.42. The van der Waals surface area contributed by atoms with E-state index >= 15 is 0 Å². The average molecular weight is 647 g/mol. The van der Waals surface area contributed by atoms with Crippen molar-refractivity contribution in [1.29, 1.82) is 0 Å². The number of halogens is 5. The van der Waals surface area contributed by atoms with Crippen LogP contribution in [-0.2, 0) is 9.59 Å². The lowest BCUT2D eigenvalue weighted by atomic mass is 9.91. The predicted molar refractivity (Wildman–Crippen MR) is 153 cm³/mol. The summed E-state index contributed by atoms with van der Waals surface area (Å²) in [4.78, 5) is 34.5. The first-order valence-corrected chi connectivity index (χ1v) is 14.2. The van der Waals surface area contributed by atoms with E-state index in [4.69, 9.17) is 48.2 Å². The molecule has 1 unspecified atom stereocenters. The number of anilines is 1. The van der Waals surface area contributed by atoms with E-state index < -0.39 is 30.3 Å². The fraction of sp³-hybridized carbons (Fsp3) is 0.519. The molecule has 0 saturated carbocycles. The van der Waals surface area contributed by atoms with Crippen LogP contribution in [0.5, 0.6) is 0 Å². The summed E-state index contributed by atoms with van der Waals surface area (Å²) in [6.07, 6.45) is -2.83. The standard InChI is InChI=1S/C25H30Cl2N6O3.C2HF3O2/c1-13-11-31(7-6-20(13)32-12-17(34)9-21(32)25(35)36)22-10-28-23-14(2)30-33(24(23)29-22)15(3)18-5-4-16(26)8-19(18)27;3-2(4,5)1(6)7/h4-5,8,10,13,15,17,20-21,34H,6-7,9,11-12H2,1-3H3,(H,35,36);(H,6,7)/t13-,15?,17-,20+,21+;/m1./s1. The zero-order valence-corrected chi connectivity index (χ0v) is 25.0. The van der Waals surface area contributed by atoms with E-state index in [9.17, 15) is 28.2 Å². The number of nitrogens with zero attached hydrogens (tertiary/aromatic N) is 6. The van der Waals surface area contributed by atoms with Gasteiger partial charge < -0.3 is 20.2 Å².